The van der Waals surface area contributed by atoms with E-state index in [4.69, 9.17) is 9.98 Å². The standard InChI is InChI=1S/C51H38N2/c1-34(36-15-5-3-6-16-36)52-51(39-19-7-4-8-20-39)53-35(2)40-29-30-47-48(33-40)50(44-28-26-38-18-10-12-22-42(38)32-44)46-24-14-13-23-45(46)49(47)43-27-25-37-17-9-11-21-41(37)31-43/h3-30,32-33,41H,2,31H2,1H3/b52-34+,53-51-. The smallest absolute Gasteiger partial charge is 0.160 e. The molecule has 2 aliphatic carbocycles. The normalized spacial score (nSPS) is 15.8. The van der Waals surface area contributed by atoms with Crippen molar-refractivity contribution in [3.8, 4) is 11.1 Å². The van der Waals surface area contributed by atoms with Crippen LogP contribution in [0.5, 0.6) is 0 Å². The van der Waals surface area contributed by atoms with Crippen molar-refractivity contribution >= 4 is 55.1 Å². The Morgan fingerprint density at radius 3 is 2.04 bits per heavy atom. The third-order valence-electron chi connectivity index (χ3n) is 10.5. The average Bonchev–Trinajstić information content (AvgIpc) is 3.22. The second-order valence-corrected chi connectivity index (χ2v) is 13.8. The molecule has 53 heavy (non-hydrogen) atoms. The molecule has 0 spiro atoms. The van der Waals surface area contributed by atoms with Gasteiger partial charge in [0.25, 0.3) is 0 Å². The Kier molecular flexibility index (Phi) is 8.42. The Morgan fingerprint density at radius 1 is 0.566 bits per heavy atom. The number of nitrogens with zero attached hydrogens (tertiary/aromatic N) is 2. The minimum Gasteiger partial charge on any atom is -0.233 e. The maximum absolute atomic E-state index is 5.15. The quantitative estimate of drug-likeness (QED) is 0.0950. The lowest BCUT2D eigenvalue weighted by Gasteiger charge is -2.25. The maximum Gasteiger partial charge on any atom is 0.160 e. The van der Waals surface area contributed by atoms with Gasteiger partial charge in [0, 0.05) is 22.8 Å². The SMILES string of the molecule is C=C(/N=C(\N=C(/C)c1ccccc1)c1ccccc1)c1ccc2c(C3=CC=C4C=CC=CC4C3)c3ccccc3c(-c3ccc4ccccc4c3)c2c1. The molecule has 7 aromatic carbocycles. The monoisotopic (exact) mass is 678 g/mol. The van der Waals surface area contributed by atoms with E-state index in [1.165, 1.54) is 60.2 Å². The van der Waals surface area contributed by atoms with Crippen molar-refractivity contribution in [1.82, 2.24) is 0 Å². The van der Waals surface area contributed by atoms with Crippen LogP contribution in [-0.2, 0) is 0 Å². The summed E-state index contributed by atoms with van der Waals surface area (Å²) in [5.74, 6) is 1.01. The molecule has 7 aromatic rings. The zero-order valence-electron chi connectivity index (χ0n) is 29.7. The second kappa shape index (κ2) is 13.8. The Hall–Kier alpha value is -6.64. The van der Waals surface area contributed by atoms with E-state index in [9.17, 15) is 0 Å². The molecule has 0 fully saturated rings. The fourth-order valence-electron chi connectivity index (χ4n) is 7.85. The summed E-state index contributed by atoms with van der Waals surface area (Å²) in [5.41, 5.74) is 11.0. The lowest BCUT2D eigenvalue weighted by molar-refractivity contribution is 0.794. The van der Waals surface area contributed by atoms with E-state index in [-0.39, 0.29) is 0 Å². The first-order valence-electron chi connectivity index (χ1n) is 18.3. The van der Waals surface area contributed by atoms with E-state index in [2.05, 4.69) is 152 Å². The van der Waals surface area contributed by atoms with E-state index >= 15 is 0 Å². The van der Waals surface area contributed by atoms with Crippen LogP contribution in [0.3, 0.4) is 0 Å². The highest BCUT2D eigenvalue weighted by Crippen LogP contribution is 2.46. The van der Waals surface area contributed by atoms with Gasteiger partial charge in [-0.1, -0.05) is 176 Å². The van der Waals surface area contributed by atoms with Crippen LogP contribution in [0.4, 0.5) is 0 Å². The average molecular weight is 679 g/mol. The molecule has 0 aliphatic heterocycles. The van der Waals surface area contributed by atoms with E-state index in [1.54, 1.807) is 0 Å². The summed E-state index contributed by atoms with van der Waals surface area (Å²) in [6, 6.07) is 51.5. The highest BCUT2D eigenvalue weighted by atomic mass is 14.9. The van der Waals surface area contributed by atoms with E-state index in [0.717, 1.165) is 28.8 Å². The molecule has 0 saturated heterocycles. The number of benzene rings is 7. The van der Waals surface area contributed by atoms with Crippen LogP contribution < -0.4 is 0 Å². The molecular formula is C51H38N2. The van der Waals surface area contributed by atoms with Crippen molar-refractivity contribution in [1.29, 1.82) is 0 Å². The predicted octanol–water partition coefficient (Wildman–Crippen LogP) is 13.2. The fraction of sp³-hybridized carbons (Fsp3) is 0.0588. The maximum atomic E-state index is 5.15. The van der Waals surface area contributed by atoms with Gasteiger partial charge in [0.2, 0.25) is 0 Å². The van der Waals surface area contributed by atoms with Gasteiger partial charge in [-0.25, -0.2) is 9.98 Å². The number of hydrogen-bond donors (Lipinski definition) is 0. The summed E-state index contributed by atoms with van der Waals surface area (Å²) in [7, 11) is 0. The number of fused-ring (bicyclic) bond motifs is 4. The summed E-state index contributed by atoms with van der Waals surface area (Å²) < 4.78 is 0. The van der Waals surface area contributed by atoms with Gasteiger partial charge in [0.05, 0.1) is 5.70 Å². The van der Waals surface area contributed by atoms with Gasteiger partial charge in [-0.05, 0) is 91.2 Å². The molecule has 1 unspecified atom stereocenters. The number of rotatable bonds is 6. The molecule has 0 radical (unpaired) electrons. The van der Waals surface area contributed by atoms with Crippen LogP contribution in [0.15, 0.2) is 204 Å². The third-order valence-corrected chi connectivity index (χ3v) is 10.5. The minimum atomic E-state index is 0.374. The summed E-state index contributed by atoms with van der Waals surface area (Å²) >= 11 is 0. The molecule has 0 bridgehead atoms. The first-order valence-corrected chi connectivity index (χ1v) is 18.3. The zero-order valence-corrected chi connectivity index (χ0v) is 29.7. The van der Waals surface area contributed by atoms with Gasteiger partial charge in [0.1, 0.15) is 0 Å². The molecule has 0 N–H and O–H groups in total. The summed E-state index contributed by atoms with van der Waals surface area (Å²) in [6.45, 7) is 6.58. The van der Waals surface area contributed by atoms with Crippen LogP contribution in [0.25, 0.3) is 54.7 Å². The lowest BCUT2D eigenvalue weighted by Crippen LogP contribution is -2.07. The highest BCUT2D eigenvalue weighted by molar-refractivity contribution is 6.20. The van der Waals surface area contributed by atoms with Crippen LogP contribution in [0.2, 0.25) is 0 Å². The Balaban J connectivity index is 1.27. The van der Waals surface area contributed by atoms with E-state index in [0.29, 0.717) is 17.5 Å². The number of aliphatic imine (C=N–C) groups is 2. The molecule has 0 heterocycles. The Morgan fingerprint density at radius 2 is 1.25 bits per heavy atom. The van der Waals surface area contributed by atoms with Crippen LogP contribution >= 0.6 is 0 Å². The van der Waals surface area contributed by atoms with Crippen molar-refractivity contribution in [3.63, 3.8) is 0 Å². The summed E-state index contributed by atoms with van der Waals surface area (Å²) in [4.78, 5) is 10.2. The fourth-order valence-corrected chi connectivity index (χ4v) is 7.85. The molecule has 2 aliphatic rings. The third kappa shape index (κ3) is 6.19. The molecular weight excluding hydrogens is 641 g/mol. The highest BCUT2D eigenvalue weighted by Gasteiger charge is 2.23. The van der Waals surface area contributed by atoms with Crippen molar-refractivity contribution < 1.29 is 0 Å². The topological polar surface area (TPSA) is 24.7 Å². The minimum absolute atomic E-state index is 0.374. The Labute approximate surface area is 310 Å². The molecule has 0 amide bonds. The Bertz CT molecular complexity index is 2760. The number of hydrogen-bond acceptors (Lipinski definition) is 1. The van der Waals surface area contributed by atoms with Gasteiger partial charge >= 0.3 is 0 Å². The molecule has 9 rings (SSSR count). The van der Waals surface area contributed by atoms with Gasteiger partial charge in [-0.15, -0.1) is 0 Å². The van der Waals surface area contributed by atoms with Gasteiger partial charge in [-0.2, -0.15) is 0 Å². The molecule has 2 nitrogen and oxygen atoms in total. The van der Waals surface area contributed by atoms with Crippen molar-refractivity contribution in [2.75, 3.05) is 0 Å². The van der Waals surface area contributed by atoms with Crippen molar-refractivity contribution in [2.24, 2.45) is 15.9 Å². The van der Waals surface area contributed by atoms with Crippen LogP contribution in [0, 0.1) is 5.92 Å². The van der Waals surface area contributed by atoms with Crippen LogP contribution in [-0.4, -0.2) is 11.5 Å². The van der Waals surface area contributed by atoms with E-state index < -0.39 is 0 Å². The zero-order chi connectivity index (χ0) is 35.7. The molecule has 0 saturated carbocycles. The summed E-state index contributed by atoms with van der Waals surface area (Å²) in [5, 5.41) is 7.37. The number of amidine groups is 1. The van der Waals surface area contributed by atoms with Gasteiger partial charge in [-0.3, -0.25) is 0 Å². The van der Waals surface area contributed by atoms with Crippen LogP contribution in [0.1, 0.15) is 35.6 Å². The number of allylic oxidation sites excluding steroid dienone is 8. The van der Waals surface area contributed by atoms with Crippen molar-refractivity contribution in [3.05, 3.63) is 216 Å². The first kappa shape index (κ1) is 32.3. The lowest BCUT2D eigenvalue weighted by atomic mass is 9.78. The first-order chi connectivity index (χ1) is 26.1. The van der Waals surface area contributed by atoms with Crippen molar-refractivity contribution in [2.45, 2.75) is 13.3 Å². The molecule has 1 atom stereocenters. The molecule has 252 valence electrons. The second-order valence-electron chi connectivity index (χ2n) is 13.8. The van der Waals surface area contributed by atoms with Gasteiger partial charge < -0.3 is 0 Å². The van der Waals surface area contributed by atoms with Gasteiger partial charge in [0.15, 0.2) is 5.84 Å². The predicted molar refractivity (Wildman–Crippen MR) is 228 cm³/mol. The summed E-state index contributed by atoms with van der Waals surface area (Å²) in [6.07, 6.45) is 14.5. The molecule has 0 aromatic heterocycles. The molecule has 2 heteroatoms. The van der Waals surface area contributed by atoms with E-state index in [1.807, 2.05) is 43.3 Å². The largest absolute Gasteiger partial charge is 0.233 e.